The first kappa shape index (κ1) is 15.2. The van der Waals surface area contributed by atoms with E-state index in [-0.39, 0.29) is 18.4 Å². The topological polar surface area (TPSA) is 61.4 Å². The van der Waals surface area contributed by atoms with E-state index in [0.717, 1.165) is 18.5 Å². The zero-order valence-corrected chi connectivity index (χ0v) is 11.7. The van der Waals surface area contributed by atoms with Gasteiger partial charge >= 0.3 is 0 Å². The molecule has 5 nitrogen and oxygen atoms in total. The van der Waals surface area contributed by atoms with Crippen molar-refractivity contribution in [3.8, 4) is 0 Å². The van der Waals surface area contributed by atoms with Crippen LogP contribution in [0, 0.1) is 0 Å². The largest absolute Gasteiger partial charge is 0.347 e. The fraction of sp³-hybridized carbons (Fsp3) is 0.429. The molecule has 0 fully saturated rings. The number of nitrogens with zero attached hydrogens (tertiary/aromatic N) is 1. The molecular weight excluding hydrogens is 242 g/mol. The molecule has 0 saturated carbocycles. The van der Waals surface area contributed by atoms with Gasteiger partial charge in [-0.3, -0.25) is 9.59 Å². The van der Waals surface area contributed by atoms with Gasteiger partial charge in [-0.25, -0.2) is 0 Å². The summed E-state index contributed by atoms with van der Waals surface area (Å²) in [5.41, 5.74) is 1.61. The lowest BCUT2D eigenvalue weighted by molar-refractivity contribution is -0.127. The molecule has 0 atom stereocenters. The van der Waals surface area contributed by atoms with Crippen molar-refractivity contribution in [3.63, 3.8) is 0 Å². The first-order valence-electron chi connectivity index (χ1n) is 6.27. The Morgan fingerprint density at radius 1 is 1.21 bits per heavy atom. The lowest BCUT2D eigenvalue weighted by Crippen LogP contribution is -2.36. The van der Waals surface area contributed by atoms with Crippen LogP contribution < -0.4 is 10.6 Å². The van der Waals surface area contributed by atoms with Gasteiger partial charge in [0.05, 0.1) is 6.54 Å². The van der Waals surface area contributed by atoms with Crippen LogP contribution in [0.5, 0.6) is 0 Å². The molecule has 0 heterocycles. The maximum atomic E-state index is 12.1. The molecule has 0 aliphatic carbocycles. The number of benzene rings is 1. The van der Waals surface area contributed by atoms with E-state index in [1.807, 2.05) is 25.2 Å². The van der Waals surface area contributed by atoms with Gasteiger partial charge in [0.15, 0.2) is 0 Å². The molecular formula is C14H21N3O2. The average molecular weight is 263 g/mol. The van der Waals surface area contributed by atoms with Crippen LogP contribution in [0.1, 0.15) is 15.9 Å². The van der Waals surface area contributed by atoms with E-state index >= 15 is 0 Å². The molecule has 0 saturated heterocycles. The van der Waals surface area contributed by atoms with Gasteiger partial charge < -0.3 is 15.5 Å². The summed E-state index contributed by atoms with van der Waals surface area (Å²) in [6.45, 7) is 0.827. The van der Waals surface area contributed by atoms with Crippen molar-refractivity contribution in [3.05, 3.63) is 35.4 Å². The van der Waals surface area contributed by atoms with Gasteiger partial charge in [0.25, 0.3) is 5.91 Å². The predicted octanol–water partition coefficient (Wildman–Crippen LogP) is 0.267. The predicted molar refractivity (Wildman–Crippen MR) is 75.1 cm³/mol. The lowest BCUT2D eigenvalue weighted by atomic mass is 10.0. The summed E-state index contributed by atoms with van der Waals surface area (Å²) >= 11 is 0. The molecule has 1 rings (SSSR count). The van der Waals surface area contributed by atoms with Crippen molar-refractivity contribution in [1.29, 1.82) is 0 Å². The summed E-state index contributed by atoms with van der Waals surface area (Å²) in [4.78, 5) is 24.9. The highest BCUT2D eigenvalue weighted by atomic mass is 16.2. The maximum absolute atomic E-state index is 12.1. The summed E-state index contributed by atoms with van der Waals surface area (Å²) in [6, 6.07) is 7.44. The number of likely N-dealkylation sites (N-methyl/N-ethyl adjacent to an activating group) is 2. The van der Waals surface area contributed by atoms with Gasteiger partial charge in [-0.15, -0.1) is 0 Å². The number of hydrogen-bond acceptors (Lipinski definition) is 3. The van der Waals surface area contributed by atoms with Crippen LogP contribution in [0.15, 0.2) is 24.3 Å². The highest BCUT2D eigenvalue weighted by Crippen LogP contribution is 2.09. The van der Waals surface area contributed by atoms with Crippen LogP contribution in [0.25, 0.3) is 0 Å². The van der Waals surface area contributed by atoms with Gasteiger partial charge in [0, 0.05) is 19.7 Å². The minimum absolute atomic E-state index is 0.0200. The Balaban J connectivity index is 2.68. The van der Waals surface area contributed by atoms with Gasteiger partial charge in [-0.05, 0) is 31.6 Å². The normalized spacial score (nSPS) is 10.1. The average Bonchev–Trinajstić information content (AvgIpc) is 2.42. The summed E-state index contributed by atoms with van der Waals surface area (Å²) in [5.74, 6) is -0.331. The Bertz CT molecular complexity index is 444. The van der Waals surface area contributed by atoms with Crippen LogP contribution in [-0.4, -0.2) is 50.9 Å². The highest BCUT2D eigenvalue weighted by molar-refractivity contribution is 5.97. The van der Waals surface area contributed by atoms with Crippen molar-refractivity contribution in [2.45, 2.75) is 6.42 Å². The van der Waals surface area contributed by atoms with Gasteiger partial charge in [-0.2, -0.15) is 0 Å². The number of amides is 2. The standard InChI is InChI=1S/C14H21N3O2/c1-15-9-8-11-6-4-5-7-12(11)14(19)16-10-13(18)17(2)3/h4-7,15H,8-10H2,1-3H3,(H,16,19). The van der Waals surface area contributed by atoms with Crippen LogP contribution in [-0.2, 0) is 11.2 Å². The quantitative estimate of drug-likeness (QED) is 0.774. The van der Waals surface area contributed by atoms with Gasteiger partial charge in [0.2, 0.25) is 5.91 Å². The van der Waals surface area contributed by atoms with E-state index in [2.05, 4.69) is 10.6 Å². The Hall–Kier alpha value is -1.88. The van der Waals surface area contributed by atoms with Crippen LogP contribution in [0.4, 0.5) is 0 Å². The Morgan fingerprint density at radius 2 is 1.89 bits per heavy atom. The number of rotatable bonds is 6. The molecule has 0 aromatic heterocycles. The van der Waals surface area contributed by atoms with Gasteiger partial charge in [0.1, 0.15) is 0 Å². The molecule has 104 valence electrons. The fourth-order valence-electron chi connectivity index (χ4n) is 1.63. The molecule has 0 spiro atoms. The highest BCUT2D eigenvalue weighted by Gasteiger charge is 2.12. The Labute approximate surface area is 114 Å². The number of carbonyl (C=O) groups excluding carboxylic acids is 2. The smallest absolute Gasteiger partial charge is 0.251 e. The molecule has 5 heteroatoms. The molecule has 1 aromatic rings. The Morgan fingerprint density at radius 3 is 2.53 bits per heavy atom. The third kappa shape index (κ3) is 4.71. The van der Waals surface area contributed by atoms with E-state index in [1.54, 1.807) is 20.2 Å². The van der Waals surface area contributed by atoms with Crippen LogP contribution in [0.3, 0.4) is 0 Å². The molecule has 0 bridgehead atoms. The second-order valence-corrected chi connectivity index (χ2v) is 4.48. The SMILES string of the molecule is CNCCc1ccccc1C(=O)NCC(=O)N(C)C. The van der Waals surface area contributed by atoms with Crippen molar-refractivity contribution in [2.24, 2.45) is 0 Å². The number of carbonyl (C=O) groups is 2. The molecule has 1 aromatic carbocycles. The molecule has 0 aliphatic heterocycles. The minimum Gasteiger partial charge on any atom is -0.347 e. The molecule has 2 amide bonds. The van der Waals surface area contributed by atoms with Crippen molar-refractivity contribution >= 4 is 11.8 Å². The third-order valence-electron chi connectivity index (χ3n) is 2.81. The summed E-state index contributed by atoms with van der Waals surface area (Å²) in [5, 5.41) is 5.70. The van der Waals surface area contributed by atoms with E-state index in [4.69, 9.17) is 0 Å². The van der Waals surface area contributed by atoms with Crippen LogP contribution in [0.2, 0.25) is 0 Å². The zero-order valence-electron chi connectivity index (χ0n) is 11.7. The van der Waals surface area contributed by atoms with Gasteiger partial charge in [-0.1, -0.05) is 18.2 Å². The van der Waals surface area contributed by atoms with Crippen molar-refractivity contribution < 1.29 is 9.59 Å². The van der Waals surface area contributed by atoms with E-state index in [1.165, 1.54) is 4.90 Å². The number of hydrogen-bond donors (Lipinski definition) is 2. The van der Waals surface area contributed by atoms with Crippen molar-refractivity contribution in [1.82, 2.24) is 15.5 Å². The van der Waals surface area contributed by atoms with E-state index < -0.39 is 0 Å². The maximum Gasteiger partial charge on any atom is 0.251 e. The van der Waals surface area contributed by atoms with Crippen molar-refractivity contribution in [2.75, 3.05) is 34.2 Å². The fourth-order valence-corrected chi connectivity index (χ4v) is 1.63. The molecule has 19 heavy (non-hydrogen) atoms. The van der Waals surface area contributed by atoms with E-state index in [0.29, 0.717) is 5.56 Å². The number of nitrogens with one attached hydrogen (secondary N) is 2. The monoisotopic (exact) mass is 263 g/mol. The third-order valence-corrected chi connectivity index (χ3v) is 2.81. The van der Waals surface area contributed by atoms with E-state index in [9.17, 15) is 9.59 Å². The molecule has 0 aliphatic rings. The first-order chi connectivity index (χ1) is 9.06. The van der Waals surface area contributed by atoms with Crippen LogP contribution >= 0.6 is 0 Å². The Kier molecular flexibility index (Phi) is 6.02. The minimum atomic E-state index is -0.207. The summed E-state index contributed by atoms with van der Waals surface area (Å²) in [6.07, 6.45) is 0.779. The second-order valence-electron chi connectivity index (χ2n) is 4.48. The molecule has 2 N–H and O–H groups in total. The molecule has 0 radical (unpaired) electrons. The lowest BCUT2D eigenvalue weighted by Gasteiger charge is -2.12. The summed E-state index contributed by atoms with van der Waals surface area (Å²) in [7, 11) is 5.20. The molecule has 0 unspecified atom stereocenters. The first-order valence-corrected chi connectivity index (χ1v) is 6.27. The second kappa shape index (κ2) is 7.53. The summed E-state index contributed by atoms with van der Waals surface area (Å²) < 4.78 is 0. The zero-order chi connectivity index (χ0) is 14.3.